The number of hydrogen-bond donors (Lipinski definition) is 2. The van der Waals surface area contributed by atoms with Gasteiger partial charge in [0.15, 0.2) is 0 Å². The van der Waals surface area contributed by atoms with E-state index in [1.165, 1.54) is 0 Å². The molecule has 2 rings (SSSR count). The van der Waals surface area contributed by atoms with Crippen LogP contribution in [-0.2, 0) is 0 Å². The minimum Gasteiger partial charge on any atom is -0.493 e. The Labute approximate surface area is 131 Å². The molecule has 1 amide bonds. The highest BCUT2D eigenvalue weighted by Gasteiger charge is 2.05. The van der Waals surface area contributed by atoms with E-state index < -0.39 is 0 Å². The van der Waals surface area contributed by atoms with E-state index in [2.05, 4.69) is 31.4 Å². The number of H-pyrrole nitrogens is 1. The van der Waals surface area contributed by atoms with Crippen molar-refractivity contribution in [3.8, 4) is 5.75 Å². The second-order valence-electron chi connectivity index (χ2n) is 4.31. The standard InChI is InChI=1S/C15H16BrN3O2/c1-2-8-21-14-6-5-12(16)9-11(14)10-18-19-15(20)13-4-3-7-17-13/h3-7,9-10,17H,2,8H2,1H3,(H,19,20)/b18-10-. The second-order valence-corrected chi connectivity index (χ2v) is 5.23. The maximum atomic E-state index is 11.7. The van der Waals surface area contributed by atoms with Gasteiger partial charge in [-0.05, 0) is 36.8 Å². The number of aromatic amines is 1. The average molecular weight is 350 g/mol. The molecule has 0 aliphatic rings. The fraction of sp³-hybridized carbons (Fsp3) is 0.200. The van der Waals surface area contributed by atoms with E-state index >= 15 is 0 Å². The Hall–Kier alpha value is -2.08. The van der Waals surface area contributed by atoms with Crippen molar-refractivity contribution in [2.24, 2.45) is 5.10 Å². The molecule has 2 aromatic rings. The van der Waals surface area contributed by atoms with Crippen LogP contribution in [0.2, 0.25) is 0 Å². The van der Waals surface area contributed by atoms with Gasteiger partial charge in [-0.2, -0.15) is 5.10 Å². The number of carbonyl (C=O) groups excluding carboxylic acids is 1. The average Bonchev–Trinajstić information content (AvgIpc) is 3.00. The van der Waals surface area contributed by atoms with Crippen LogP contribution in [-0.4, -0.2) is 23.7 Å². The zero-order valence-electron chi connectivity index (χ0n) is 11.6. The summed E-state index contributed by atoms with van der Waals surface area (Å²) in [6.45, 7) is 2.68. The molecule has 0 radical (unpaired) electrons. The van der Waals surface area contributed by atoms with Crippen molar-refractivity contribution in [1.82, 2.24) is 10.4 Å². The fourth-order valence-electron chi connectivity index (χ4n) is 1.66. The number of carbonyl (C=O) groups is 1. The molecule has 1 aromatic carbocycles. The van der Waals surface area contributed by atoms with E-state index in [4.69, 9.17) is 4.74 Å². The SMILES string of the molecule is CCCOc1ccc(Br)cc1/C=N\NC(=O)c1ccc[nH]1. The molecule has 1 aromatic heterocycles. The number of nitrogens with one attached hydrogen (secondary N) is 2. The molecule has 2 N–H and O–H groups in total. The van der Waals surface area contributed by atoms with Crippen molar-refractivity contribution in [2.75, 3.05) is 6.61 Å². The highest BCUT2D eigenvalue weighted by molar-refractivity contribution is 9.10. The summed E-state index contributed by atoms with van der Waals surface area (Å²) in [4.78, 5) is 14.5. The predicted molar refractivity (Wildman–Crippen MR) is 85.8 cm³/mol. The van der Waals surface area contributed by atoms with E-state index in [0.29, 0.717) is 12.3 Å². The molecular weight excluding hydrogens is 334 g/mol. The van der Waals surface area contributed by atoms with Gasteiger partial charge in [0.2, 0.25) is 0 Å². The number of aromatic nitrogens is 1. The summed E-state index contributed by atoms with van der Waals surface area (Å²) >= 11 is 3.41. The van der Waals surface area contributed by atoms with E-state index in [1.54, 1.807) is 24.5 Å². The first-order valence-corrected chi connectivity index (χ1v) is 7.39. The van der Waals surface area contributed by atoms with E-state index in [9.17, 15) is 4.79 Å². The number of benzene rings is 1. The lowest BCUT2D eigenvalue weighted by Gasteiger charge is -2.08. The quantitative estimate of drug-likeness (QED) is 0.620. The highest BCUT2D eigenvalue weighted by atomic mass is 79.9. The van der Waals surface area contributed by atoms with Crippen LogP contribution in [0.15, 0.2) is 46.1 Å². The first-order chi connectivity index (χ1) is 10.2. The van der Waals surface area contributed by atoms with Crippen LogP contribution in [0.25, 0.3) is 0 Å². The summed E-state index contributed by atoms with van der Waals surface area (Å²) in [5.74, 6) is 0.445. The van der Waals surface area contributed by atoms with Crippen molar-refractivity contribution < 1.29 is 9.53 Å². The third kappa shape index (κ3) is 4.46. The Kier molecular flexibility index (Phi) is 5.57. The molecule has 0 aliphatic heterocycles. The molecular formula is C15H16BrN3O2. The number of ether oxygens (including phenoxy) is 1. The zero-order chi connectivity index (χ0) is 15.1. The van der Waals surface area contributed by atoms with Crippen LogP contribution in [0.1, 0.15) is 29.4 Å². The first kappa shape index (κ1) is 15.3. The maximum absolute atomic E-state index is 11.7. The molecule has 0 spiro atoms. The van der Waals surface area contributed by atoms with E-state index in [-0.39, 0.29) is 5.91 Å². The van der Waals surface area contributed by atoms with Crippen molar-refractivity contribution in [3.05, 3.63) is 52.3 Å². The van der Waals surface area contributed by atoms with Crippen LogP contribution in [0.5, 0.6) is 5.75 Å². The summed E-state index contributed by atoms with van der Waals surface area (Å²) in [5.41, 5.74) is 3.72. The summed E-state index contributed by atoms with van der Waals surface area (Å²) in [6, 6.07) is 9.09. The van der Waals surface area contributed by atoms with Gasteiger partial charge in [-0.1, -0.05) is 22.9 Å². The summed E-state index contributed by atoms with van der Waals surface area (Å²) in [5, 5.41) is 3.96. The van der Waals surface area contributed by atoms with Gasteiger partial charge in [0.1, 0.15) is 11.4 Å². The maximum Gasteiger partial charge on any atom is 0.287 e. The molecule has 0 bridgehead atoms. The van der Waals surface area contributed by atoms with Gasteiger partial charge in [-0.3, -0.25) is 4.79 Å². The van der Waals surface area contributed by atoms with Gasteiger partial charge in [-0.15, -0.1) is 0 Å². The summed E-state index contributed by atoms with van der Waals surface area (Å²) in [7, 11) is 0. The van der Waals surface area contributed by atoms with Crippen LogP contribution in [0.4, 0.5) is 0 Å². The highest BCUT2D eigenvalue weighted by Crippen LogP contribution is 2.21. The van der Waals surface area contributed by atoms with Crippen molar-refractivity contribution in [2.45, 2.75) is 13.3 Å². The number of hydrogen-bond acceptors (Lipinski definition) is 3. The summed E-state index contributed by atoms with van der Waals surface area (Å²) < 4.78 is 6.56. The number of hydrazone groups is 1. The molecule has 0 saturated heterocycles. The van der Waals surface area contributed by atoms with E-state index in [1.807, 2.05) is 25.1 Å². The van der Waals surface area contributed by atoms with E-state index in [0.717, 1.165) is 22.2 Å². The Morgan fingerprint density at radius 3 is 3.05 bits per heavy atom. The third-order valence-electron chi connectivity index (χ3n) is 2.65. The first-order valence-electron chi connectivity index (χ1n) is 6.60. The Balaban J connectivity index is 2.05. The molecule has 5 nitrogen and oxygen atoms in total. The predicted octanol–water partition coefficient (Wildman–Crippen LogP) is 3.33. The third-order valence-corrected chi connectivity index (χ3v) is 3.14. The topological polar surface area (TPSA) is 66.5 Å². The minimum absolute atomic E-state index is 0.290. The number of rotatable bonds is 6. The molecule has 0 unspecified atom stereocenters. The molecule has 21 heavy (non-hydrogen) atoms. The minimum atomic E-state index is -0.290. The monoisotopic (exact) mass is 349 g/mol. The van der Waals surface area contributed by atoms with Gasteiger partial charge in [0, 0.05) is 16.2 Å². The van der Waals surface area contributed by atoms with Gasteiger partial charge in [0.05, 0.1) is 12.8 Å². The number of amides is 1. The number of nitrogens with zero attached hydrogens (tertiary/aromatic N) is 1. The Morgan fingerprint density at radius 2 is 2.33 bits per heavy atom. The normalized spacial score (nSPS) is 10.8. The summed E-state index contributed by atoms with van der Waals surface area (Å²) in [6.07, 6.45) is 4.18. The van der Waals surface area contributed by atoms with Crippen LogP contribution in [0.3, 0.4) is 0 Å². The van der Waals surface area contributed by atoms with Gasteiger partial charge in [-0.25, -0.2) is 5.43 Å². The molecule has 6 heteroatoms. The molecule has 110 valence electrons. The lowest BCUT2D eigenvalue weighted by atomic mass is 10.2. The fourth-order valence-corrected chi connectivity index (χ4v) is 2.03. The molecule has 0 saturated carbocycles. The zero-order valence-corrected chi connectivity index (χ0v) is 13.2. The second kappa shape index (κ2) is 7.64. The molecule has 0 fully saturated rings. The van der Waals surface area contributed by atoms with Crippen molar-refractivity contribution >= 4 is 28.1 Å². The Bertz CT molecular complexity index is 624. The van der Waals surface area contributed by atoms with Crippen molar-refractivity contribution in [3.63, 3.8) is 0 Å². The lowest BCUT2D eigenvalue weighted by Crippen LogP contribution is -2.17. The van der Waals surface area contributed by atoms with Crippen LogP contribution >= 0.6 is 15.9 Å². The smallest absolute Gasteiger partial charge is 0.287 e. The Morgan fingerprint density at radius 1 is 1.48 bits per heavy atom. The van der Waals surface area contributed by atoms with Gasteiger partial charge >= 0.3 is 0 Å². The largest absolute Gasteiger partial charge is 0.493 e. The van der Waals surface area contributed by atoms with Crippen LogP contribution in [0, 0.1) is 0 Å². The van der Waals surface area contributed by atoms with Crippen molar-refractivity contribution in [1.29, 1.82) is 0 Å². The molecule has 0 atom stereocenters. The number of halogens is 1. The lowest BCUT2D eigenvalue weighted by molar-refractivity contribution is 0.0951. The van der Waals surface area contributed by atoms with Crippen LogP contribution < -0.4 is 10.2 Å². The van der Waals surface area contributed by atoms with Gasteiger partial charge in [0.25, 0.3) is 5.91 Å². The molecule has 0 aliphatic carbocycles. The molecule has 1 heterocycles. The van der Waals surface area contributed by atoms with Gasteiger partial charge < -0.3 is 9.72 Å².